The van der Waals surface area contributed by atoms with E-state index in [0.29, 0.717) is 32.4 Å². The fraction of sp³-hybridized carbons (Fsp3) is 0.769. The van der Waals surface area contributed by atoms with E-state index < -0.39 is 11.9 Å². The number of primary amides is 1. The Balaban J connectivity index is 1.90. The van der Waals surface area contributed by atoms with Crippen LogP contribution in [0, 0.1) is 11.8 Å². The summed E-state index contributed by atoms with van der Waals surface area (Å²) in [5, 5.41) is 12.0. The Morgan fingerprint density at radius 3 is 2.45 bits per heavy atom. The summed E-state index contributed by atoms with van der Waals surface area (Å²) in [4.78, 5) is 35.9. The van der Waals surface area contributed by atoms with Crippen molar-refractivity contribution in [3.05, 3.63) is 0 Å². The molecule has 1 saturated carbocycles. The Bertz CT molecular complexity index is 412. The van der Waals surface area contributed by atoms with E-state index >= 15 is 0 Å². The molecule has 2 rings (SSSR count). The molecule has 3 unspecified atom stereocenters. The number of aliphatic carboxylic acids is 1. The Morgan fingerprint density at radius 1 is 1.15 bits per heavy atom. The molecule has 0 aromatic rings. The lowest BCUT2D eigenvalue weighted by atomic mass is 9.84. The van der Waals surface area contributed by atoms with Gasteiger partial charge >= 0.3 is 12.0 Å². The van der Waals surface area contributed by atoms with Crippen LogP contribution in [-0.2, 0) is 9.59 Å². The van der Waals surface area contributed by atoms with Gasteiger partial charge in [-0.15, -0.1) is 0 Å². The highest BCUT2D eigenvalue weighted by molar-refractivity contribution is 5.81. The molecule has 2 aliphatic rings. The molecule has 0 aromatic carbocycles. The highest BCUT2D eigenvalue weighted by Gasteiger charge is 2.35. The summed E-state index contributed by atoms with van der Waals surface area (Å²) >= 11 is 0. The predicted octanol–water partition coefficient (Wildman–Crippen LogP) is 0.147. The molecule has 0 aromatic heterocycles. The first kappa shape index (κ1) is 14.6. The third-order valence-corrected chi connectivity index (χ3v) is 4.27. The molecular formula is C13H21N3O4. The van der Waals surface area contributed by atoms with Crippen molar-refractivity contribution in [2.45, 2.75) is 38.1 Å². The molecule has 1 saturated heterocycles. The second kappa shape index (κ2) is 6.11. The number of nitrogens with zero attached hydrogens (tertiary/aromatic N) is 1. The van der Waals surface area contributed by atoms with Gasteiger partial charge in [0.25, 0.3) is 0 Å². The van der Waals surface area contributed by atoms with Crippen LogP contribution in [0.4, 0.5) is 4.79 Å². The van der Waals surface area contributed by atoms with Crippen molar-refractivity contribution in [2.75, 3.05) is 13.1 Å². The van der Waals surface area contributed by atoms with Crippen molar-refractivity contribution < 1.29 is 19.5 Å². The molecule has 1 aliphatic heterocycles. The van der Waals surface area contributed by atoms with Crippen LogP contribution in [0.2, 0.25) is 0 Å². The highest BCUT2D eigenvalue weighted by atomic mass is 16.4. The molecule has 3 atom stereocenters. The number of nitrogens with two attached hydrogens (primary N) is 1. The van der Waals surface area contributed by atoms with E-state index in [2.05, 4.69) is 5.32 Å². The number of hydrogen-bond donors (Lipinski definition) is 3. The first-order valence-electron chi connectivity index (χ1n) is 7.06. The molecule has 20 heavy (non-hydrogen) atoms. The van der Waals surface area contributed by atoms with E-state index in [1.54, 1.807) is 4.90 Å². The van der Waals surface area contributed by atoms with Crippen LogP contribution in [0.5, 0.6) is 0 Å². The monoisotopic (exact) mass is 283 g/mol. The fourth-order valence-electron chi connectivity index (χ4n) is 3.03. The Hall–Kier alpha value is -1.79. The van der Waals surface area contributed by atoms with E-state index in [1.165, 1.54) is 0 Å². The highest BCUT2D eigenvalue weighted by Crippen LogP contribution is 2.25. The average molecular weight is 283 g/mol. The van der Waals surface area contributed by atoms with Crippen molar-refractivity contribution >= 4 is 17.9 Å². The number of rotatable bonds is 3. The van der Waals surface area contributed by atoms with Crippen LogP contribution in [0.25, 0.3) is 0 Å². The maximum absolute atomic E-state index is 12.1. The topological polar surface area (TPSA) is 113 Å². The molecule has 7 heteroatoms. The normalized spacial score (nSPS) is 30.0. The second-order valence-electron chi connectivity index (χ2n) is 5.62. The lowest BCUT2D eigenvalue weighted by Gasteiger charge is -2.30. The van der Waals surface area contributed by atoms with Crippen molar-refractivity contribution in [3.8, 4) is 0 Å². The van der Waals surface area contributed by atoms with Crippen molar-refractivity contribution in [1.29, 1.82) is 0 Å². The molecule has 0 radical (unpaired) electrons. The van der Waals surface area contributed by atoms with Crippen LogP contribution in [0.1, 0.15) is 32.1 Å². The van der Waals surface area contributed by atoms with Gasteiger partial charge in [-0.25, -0.2) is 4.79 Å². The van der Waals surface area contributed by atoms with Crippen LogP contribution >= 0.6 is 0 Å². The first-order chi connectivity index (χ1) is 9.49. The molecule has 0 bridgehead atoms. The van der Waals surface area contributed by atoms with Gasteiger partial charge in [0.2, 0.25) is 5.91 Å². The number of hydrogen-bond acceptors (Lipinski definition) is 3. The molecule has 2 fully saturated rings. The summed E-state index contributed by atoms with van der Waals surface area (Å²) < 4.78 is 0. The van der Waals surface area contributed by atoms with E-state index in [0.717, 1.165) is 12.8 Å². The Kier molecular flexibility index (Phi) is 4.46. The van der Waals surface area contributed by atoms with Gasteiger partial charge < -0.3 is 21.1 Å². The molecule has 1 aliphatic carbocycles. The molecule has 7 nitrogen and oxygen atoms in total. The van der Waals surface area contributed by atoms with Crippen LogP contribution in [0.3, 0.4) is 0 Å². The number of amides is 3. The minimum atomic E-state index is -0.855. The van der Waals surface area contributed by atoms with Crippen LogP contribution in [0.15, 0.2) is 0 Å². The van der Waals surface area contributed by atoms with Gasteiger partial charge in [-0.1, -0.05) is 12.8 Å². The van der Waals surface area contributed by atoms with Crippen LogP contribution < -0.4 is 11.1 Å². The molecule has 3 amide bonds. The maximum atomic E-state index is 12.1. The number of likely N-dealkylation sites (tertiary alicyclic amines) is 1. The third-order valence-electron chi connectivity index (χ3n) is 4.27. The second-order valence-corrected chi connectivity index (χ2v) is 5.62. The lowest BCUT2D eigenvalue weighted by Crippen LogP contribution is -2.49. The number of urea groups is 1. The first-order valence-corrected chi connectivity index (χ1v) is 7.06. The number of carbonyl (C=O) groups excluding carboxylic acids is 2. The summed E-state index contributed by atoms with van der Waals surface area (Å²) in [6, 6.07) is -0.603. The third kappa shape index (κ3) is 3.20. The van der Waals surface area contributed by atoms with Gasteiger partial charge in [0.15, 0.2) is 0 Å². The number of carbonyl (C=O) groups is 3. The molecule has 4 N–H and O–H groups in total. The fourth-order valence-corrected chi connectivity index (χ4v) is 3.03. The SMILES string of the molecule is NC(=O)C1CCN(C(=O)NC2CCCCC2C(=O)O)C1. The molecular weight excluding hydrogens is 262 g/mol. The lowest BCUT2D eigenvalue weighted by molar-refractivity contribution is -0.143. The van der Waals surface area contributed by atoms with Gasteiger partial charge in [-0.05, 0) is 19.3 Å². The largest absolute Gasteiger partial charge is 0.481 e. The van der Waals surface area contributed by atoms with Gasteiger partial charge in [0, 0.05) is 19.1 Å². The predicted molar refractivity (Wildman–Crippen MR) is 70.8 cm³/mol. The van der Waals surface area contributed by atoms with Crippen molar-refractivity contribution in [2.24, 2.45) is 17.6 Å². The quantitative estimate of drug-likeness (QED) is 0.684. The zero-order valence-corrected chi connectivity index (χ0v) is 11.4. The van der Waals surface area contributed by atoms with Gasteiger partial charge in [-0.3, -0.25) is 9.59 Å². The molecule has 112 valence electrons. The minimum absolute atomic E-state index is 0.285. The van der Waals surface area contributed by atoms with Gasteiger partial charge in [-0.2, -0.15) is 0 Å². The van der Waals surface area contributed by atoms with Crippen molar-refractivity contribution in [1.82, 2.24) is 10.2 Å². The zero-order chi connectivity index (χ0) is 14.7. The van der Waals surface area contributed by atoms with Gasteiger partial charge in [0.1, 0.15) is 0 Å². The van der Waals surface area contributed by atoms with E-state index in [9.17, 15) is 19.5 Å². The van der Waals surface area contributed by atoms with E-state index in [4.69, 9.17) is 5.73 Å². The van der Waals surface area contributed by atoms with Gasteiger partial charge in [0.05, 0.1) is 11.8 Å². The smallest absolute Gasteiger partial charge is 0.317 e. The average Bonchev–Trinajstić information content (AvgIpc) is 2.89. The summed E-state index contributed by atoms with van der Waals surface area (Å²) in [5.41, 5.74) is 5.23. The Labute approximate surface area is 117 Å². The van der Waals surface area contributed by atoms with E-state index in [1.807, 2.05) is 0 Å². The maximum Gasteiger partial charge on any atom is 0.317 e. The molecule has 0 spiro atoms. The minimum Gasteiger partial charge on any atom is -0.481 e. The summed E-state index contributed by atoms with van der Waals surface area (Å²) in [6.45, 7) is 0.815. The van der Waals surface area contributed by atoms with E-state index in [-0.39, 0.29) is 23.9 Å². The summed E-state index contributed by atoms with van der Waals surface area (Å²) in [7, 11) is 0. The number of carboxylic acid groups (broad SMARTS) is 1. The summed E-state index contributed by atoms with van der Waals surface area (Å²) in [5.74, 6) is -2.04. The van der Waals surface area contributed by atoms with Crippen LogP contribution in [-0.4, -0.2) is 47.0 Å². The van der Waals surface area contributed by atoms with Crippen molar-refractivity contribution in [3.63, 3.8) is 0 Å². The molecule has 1 heterocycles. The standard InChI is InChI=1S/C13H21N3O4/c14-11(17)8-5-6-16(7-8)13(20)15-10-4-2-1-3-9(10)12(18)19/h8-10H,1-7H2,(H2,14,17)(H,15,20)(H,18,19). The number of carboxylic acids is 1. The number of nitrogens with one attached hydrogen (secondary N) is 1. The summed E-state index contributed by atoms with van der Waals surface area (Å²) in [6.07, 6.45) is 3.69. The zero-order valence-electron chi connectivity index (χ0n) is 11.4. The Morgan fingerprint density at radius 2 is 1.85 bits per heavy atom.